The van der Waals surface area contributed by atoms with Crippen LogP contribution in [0.2, 0.25) is 0 Å². The molecular weight excluding hydrogens is 375 g/mol. The number of likely N-dealkylation sites (tertiary alicyclic amines) is 1. The molecule has 1 heterocycles. The Morgan fingerprint density at radius 2 is 1.86 bits per heavy atom. The summed E-state index contributed by atoms with van der Waals surface area (Å²) in [5.74, 6) is 0.0742. The maximum absolute atomic E-state index is 13.0. The van der Waals surface area contributed by atoms with Crippen molar-refractivity contribution >= 4 is 23.6 Å². The number of hydrogen-bond donors (Lipinski definition) is 1. The van der Waals surface area contributed by atoms with Gasteiger partial charge in [0.1, 0.15) is 5.82 Å². The minimum absolute atomic E-state index is 0.0612. The van der Waals surface area contributed by atoms with Crippen molar-refractivity contribution in [1.82, 2.24) is 10.2 Å². The molecule has 0 saturated carbocycles. The van der Waals surface area contributed by atoms with E-state index in [9.17, 15) is 14.0 Å². The lowest BCUT2D eigenvalue weighted by molar-refractivity contribution is -0.139. The van der Waals surface area contributed by atoms with E-state index in [1.54, 1.807) is 17.0 Å². The van der Waals surface area contributed by atoms with E-state index in [1.165, 1.54) is 23.9 Å². The minimum atomic E-state index is -0.606. The maximum atomic E-state index is 13.0. The fourth-order valence-corrected chi connectivity index (χ4v) is 4.21. The molecule has 1 N–H and O–H groups in total. The first-order chi connectivity index (χ1) is 13.5. The predicted molar refractivity (Wildman–Crippen MR) is 109 cm³/mol. The summed E-state index contributed by atoms with van der Waals surface area (Å²) in [4.78, 5) is 28.3. The molecule has 0 aliphatic carbocycles. The number of benzene rings is 2. The van der Waals surface area contributed by atoms with Crippen LogP contribution in [0.5, 0.6) is 0 Å². The van der Waals surface area contributed by atoms with E-state index < -0.39 is 5.41 Å². The predicted octanol–water partition coefficient (Wildman–Crippen LogP) is 3.86. The summed E-state index contributed by atoms with van der Waals surface area (Å²) in [5, 5.41) is 2.94. The van der Waals surface area contributed by atoms with Gasteiger partial charge in [-0.2, -0.15) is 0 Å². The Morgan fingerprint density at radius 1 is 1.14 bits per heavy atom. The Balaban J connectivity index is 1.53. The summed E-state index contributed by atoms with van der Waals surface area (Å²) in [5.41, 5.74) is 0.243. The lowest BCUT2D eigenvalue weighted by Crippen LogP contribution is -2.52. The van der Waals surface area contributed by atoms with Crippen LogP contribution in [0.25, 0.3) is 0 Å². The van der Waals surface area contributed by atoms with Crippen molar-refractivity contribution < 1.29 is 14.0 Å². The number of amides is 2. The smallest absolute Gasteiger partial charge is 0.232 e. The minimum Gasteiger partial charge on any atom is -0.351 e. The molecule has 4 nitrogen and oxygen atoms in total. The van der Waals surface area contributed by atoms with Crippen molar-refractivity contribution in [3.05, 3.63) is 66.0 Å². The highest BCUT2D eigenvalue weighted by atomic mass is 32.2. The van der Waals surface area contributed by atoms with Gasteiger partial charge in [-0.3, -0.25) is 9.59 Å². The monoisotopic (exact) mass is 400 g/mol. The lowest BCUT2D eigenvalue weighted by atomic mass is 9.81. The van der Waals surface area contributed by atoms with Gasteiger partial charge in [0, 0.05) is 24.5 Å². The summed E-state index contributed by atoms with van der Waals surface area (Å²) in [6.45, 7) is 3.38. The molecule has 1 aliphatic heterocycles. The lowest BCUT2D eigenvalue weighted by Gasteiger charge is -2.39. The third kappa shape index (κ3) is 5.35. The highest BCUT2D eigenvalue weighted by Crippen LogP contribution is 2.30. The molecular formula is C22H25FN2O2S. The zero-order chi connectivity index (χ0) is 20.0. The van der Waals surface area contributed by atoms with Crippen LogP contribution in [0.4, 0.5) is 4.39 Å². The van der Waals surface area contributed by atoms with Crippen LogP contribution in [0.15, 0.2) is 59.5 Å². The third-order valence-electron chi connectivity index (χ3n) is 5.07. The van der Waals surface area contributed by atoms with Crippen LogP contribution in [-0.4, -0.2) is 35.6 Å². The van der Waals surface area contributed by atoms with E-state index >= 15 is 0 Å². The molecule has 0 radical (unpaired) electrons. The number of piperidine rings is 1. The molecule has 1 atom stereocenters. The van der Waals surface area contributed by atoms with Gasteiger partial charge in [-0.25, -0.2) is 4.39 Å². The number of thioether (sulfide) groups is 1. The average molecular weight is 401 g/mol. The summed E-state index contributed by atoms with van der Waals surface area (Å²) in [7, 11) is 0. The first kappa shape index (κ1) is 20.4. The average Bonchev–Trinajstić information content (AvgIpc) is 2.72. The molecule has 0 spiro atoms. The van der Waals surface area contributed by atoms with Gasteiger partial charge in [0.05, 0.1) is 11.2 Å². The van der Waals surface area contributed by atoms with E-state index in [0.29, 0.717) is 25.4 Å². The molecule has 148 valence electrons. The molecule has 2 aromatic rings. The zero-order valence-corrected chi connectivity index (χ0v) is 16.8. The number of rotatable bonds is 6. The Hall–Kier alpha value is -2.34. The number of carbonyl (C=O) groups is 2. The second-order valence-electron chi connectivity index (χ2n) is 7.39. The molecule has 1 aliphatic rings. The normalized spacial score (nSPS) is 19.3. The molecule has 6 heteroatoms. The quantitative estimate of drug-likeness (QED) is 0.749. The van der Waals surface area contributed by atoms with Crippen molar-refractivity contribution in [3.8, 4) is 0 Å². The molecule has 28 heavy (non-hydrogen) atoms. The molecule has 0 bridgehead atoms. The summed E-state index contributed by atoms with van der Waals surface area (Å²) < 4.78 is 13.0. The summed E-state index contributed by atoms with van der Waals surface area (Å²) in [6, 6.07) is 15.9. The Labute approximate surface area is 169 Å². The van der Waals surface area contributed by atoms with Crippen LogP contribution in [0.3, 0.4) is 0 Å². The van der Waals surface area contributed by atoms with Crippen molar-refractivity contribution in [1.29, 1.82) is 0 Å². The SMILES string of the molecule is C[C@]1(C(=O)NCc2ccc(F)cc2)CCCN(C(=O)CSc2ccccc2)C1. The second kappa shape index (κ2) is 9.24. The fourth-order valence-electron chi connectivity index (χ4n) is 3.39. The van der Waals surface area contributed by atoms with Crippen LogP contribution in [0, 0.1) is 11.2 Å². The largest absolute Gasteiger partial charge is 0.351 e. The van der Waals surface area contributed by atoms with Gasteiger partial charge in [-0.15, -0.1) is 11.8 Å². The number of carbonyl (C=O) groups excluding carboxylic acids is 2. The van der Waals surface area contributed by atoms with Gasteiger partial charge >= 0.3 is 0 Å². The maximum Gasteiger partial charge on any atom is 0.232 e. The second-order valence-corrected chi connectivity index (χ2v) is 8.44. The third-order valence-corrected chi connectivity index (χ3v) is 6.07. The van der Waals surface area contributed by atoms with Gasteiger partial charge in [0.25, 0.3) is 0 Å². The molecule has 1 fully saturated rings. The molecule has 0 aromatic heterocycles. The van der Waals surface area contributed by atoms with Crippen LogP contribution in [-0.2, 0) is 16.1 Å². The Morgan fingerprint density at radius 3 is 2.57 bits per heavy atom. The van der Waals surface area contributed by atoms with Gasteiger partial charge in [0.2, 0.25) is 11.8 Å². The van der Waals surface area contributed by atoms with Crippen molar-refractivity contribution in [2.75, 3.05) is 18.8 Å². The van der Waals surface area contributed by atoms with Crippen molar-refractivity contribution in [2.45, 2.75) is 31.2 Å². The van der Waals surface area contributed by atoms with Gasteiger partial charge in [-0.1, -0.05) is 30.3 Å². The highest BCUT2D eigenvalue weighted by Gasteiger charge is 2.39. The van der Waals surface area contributed by atoms with Gasteiger partial charge in [-0.05, 0) is 49.6 Å². The van der Waals surface area contributed by atoms with Gasteiger partial charge in [0.15, 0.2) is 0 Å². The fraction of sp³-hybridized carbons (Fsp3) is 0.364. The first-order valence-electron chi connectivity index (χ1n) is 9.45. The van der Waals surface area contributed by atoms with Crippen molar-refractivity contribution in [2.24, 2.45) is 5.41 Å². The molecule has 1 saturated heterocycles. The van der Waals surface area contributed by atoms with E-state index in [1.807, 2.05) is 37.3 Å². The molecule has 0 unspecified atom stereocenters. The van der Waals surface area contributed by atoms with Crippen molar-refractivity contribution in [3.63, 3.8) is 0 Å². The van der Waals surface area contributed by atoms with Crippen LogP contribution >= 0.6 is 11.8 Å². The highest BCUT2D eigenvalue weighted by molar-refractivity contribution is 8.00. The number of nitrogens with one attached hydrogen (secondary N) is 1. The zero-order valence-electron chi connectivity index (χ0n) is 16.0. The van der Waals surface area contributed by atoms with Gasteiger partial charge < -0.3 is 10.2 Å². The first-order valence-corrected chi connectivity index (χ1v) is 10.4. The number of nitrogens with zero attached hydrogens (tertiary/aromatic N) is 1. The molecule has 2 aromatic carbocycles. The van der Waals surface area contributed by atoms with E-state index in [2.05, 4.69) is 5.32 Å². The van der Waals surface area contributed by atoms with E-state index in [-0.39, 0.29) is 17.6 Å². The molecule has 3 rings (SSSR count). The Kier molecular flexibility index (Phi) is 6.73. The topological polar surface area (TPSA) is 49.4 Å². The van der Waals surface area contributed by atoms with E-state index in [0.717, 1.165) is 23.3 Å². The Bertz CT molecular complexity index is 813. The van der Waals surface area contributed by atoms with Crippen LogP contribution < -0.4 is 5.32 Å². The molecule has 2 amide bonds. The standard InChI is InChI=1S/C22H25FN2O2S/c1-22(21(27)24-14-17-8-10-18(23)11-9-17)12-5-13-25(16-22)20(26)15-28-19-6-3-2-4-7-19/h2-4,6-11H,5,12-16H2,1H3,(H,24,27)/t22-/m0/s1. The van der Waals surface area contributed by atoms with Crippen LogP contribution in [0.1, 0.15) is 25.3 Å². The summed E-state index contributed by atoms with van der Waals surface area (Å²) in [6.07, 6.45) is 1.56. The number of halogens is 1. The number of hydrogen-bond acceptors (Lipinski definition) is 3. The van der Waals surface area contributed by atoms with E-state index in [4.69, 9.17) is 0 Å². The summed E-state index contributed by atoms with van der Waals surface area (Å²) >= 11 is 1.52.